The van der Waals surface area contributed by atoms with Gasteiger partial charge in [0.25, 0.3) is 5.91 Å². The van der Waals surface area contributed by atoms with Gasteiger partial charge in [-0.1, -0.05) is 22.0 Å². The van der Waals surface area contributed by atoms with Crippen molar-refractivity contribution in [1.82, 2.24) is 15.1 Å². The molecule has 2 aromatic rings. The Kier molecular flexibility index (Phi) is 5.97. The molecule has 7 nitrogen and oxygen atoms in total. The summed E-state index contributed by atoms with van der Waals surface area (Å²) in [5.41, 5.74) is 2.25. The predicted molar refractivity (Wildman–Crippen MR) is 94.0 cm³/mol. The van der Waals surface area contributed by atoms with Crippen molar-refractivity contribution in [2.45, 2.75) is 13.8 Å². The summed E-state index contributed by atoms with van der Waals surface area (Å²) in [6.45, 7) is 3.39. The summed E-state index contributed by atoms with van der Waals surface area (Å²) in [6, 6.07) is 7.18. The average Bonchev–Trinajstić information content (AvgIpc) is 2.77. The van der Waals surface area contributed by atoms with Gasteiger partial charge >= 0.3 is 0 Å². The number of hydrogen-bond donors (Lipinski definition) is 2. The van der Waals surface area contributed by atoms with E-state index in [9.17, 15) is 9.59 Å². The van der Waals surface area contributed by atoms with Gasteiger partial charge in [0.05, 0.1) is 23.6 Å². The Morgan fingerprint density at radius 2 is 2.04 bits per heavy atom. The standard InChI is InChI=1S/C16H19BrN4O3/c1-10-16(11(2)21(3)20-10)19-14(22)8-18-15(23)9-24-13-6-4-5-12(17)7-13/h4-7H,8-9H2,1-3H3,(H,18,23)(H,19,22). The second-order valence-electron chi connectivity index (χ2n) is 5.24. The van der Waals surface area contributed by atoms with Crippen LogP contribution in [0.25, 0.3) is 0 Å². The second kappa shape index (κ2) is 7.96. The molecule has 128 valence electrons. The molecule has 0 spiro atoms. The summed E-state index contributed by atoms with van der Waals surface area (Å²) in [4.78, 5) is 23.7. The highest BCUT2D eigenvalue weighted by Gasteiger charge is 2.13. The number of carbonyl (C=O) groups excluding carboxylic acids is 2. The van der Waals surface area contributed by atoms with Crippen LogP contribution in [0.3, 0.4) is 0 Å². The Morgan fingerprint density at radius 1 is 1.29 bits per heavy atom. The number of benzene rings is 1. The molecular weight excluding hydrogens is 376 g/mol. The van der Waals surface area contributed by atoms with Gasteiger partial charge in [0.1, 0.15) is 5.75 Å². The zero-order valence-corrected chi connectivity index (χ0v) is 15.3. The van der Waals surface area contributed by atoms with Crippen molar-refractivity contribution in [2.24, 2.45) is 7.05 Å². The van der Waals surface area contributed by atoms with Gasteiger partial charge in [-0.25, -0.2) is 0 Å². The highest BCUT2D eigenvalue weighted by molar-refractivity contribution is 9.10. The van der Waals surface area contributed by atoms with Gasteiger partial charge in [-0.3, -0.25) is 14.3 Å². The van der Waals surface area contributed by atoms with E-state index in [0.29, 0.717) is 11.4 Å². The minimum atomic E-state index is -0.371. The molecule has 1 aromatic heterocycles. The first-order valence-corrected chi connectivity index (χ1v) is 8.11. The molecule has 1 heterocycles. The molecule has 0 bridgehead atoms. The fourth-order valence-electron chi connectivity index (χ4n) is 2.07. The predicted octanol–water partition coefficient (Wildman–Crippen LogP) is 1.93. The lowest BCUT2D eigenvalue weighted by atomic mass is 10.3. The van der Waals surface area contributed by atoms with Crippen LogP contribution < -0.4 is 15.4 Å². The summed E-state index contributed by atoms with van der Waals surface area (Å²) >= 11 is 3.32. The molecule has 2 N–H and O–H groups in total. The van der Waals surface area contributed by atoms with Crippen molar-refractivity contribution in [3.05, 3.63) is 40.1 Å². The van der Waals surface area contributed by atoms with Crippen molar-refractivity contribution in [3.63, 3.8) is 0 Å². The summed E-state index contributed by atoms with van der Waals surface area (Å²) in [5, 5.41) is 9.49. The number of halogens is 1. The molecule has 2 rings (SSSR count). The highest BCUT2D eigenvalue weighted by Crippen LogP contribution is 2.18. The molecule has 0 fully saturated rings. The summed E-state index contributed by atoms with van der Waals surface area (Å²) in [6.07, 6.45) is 0. The van der Waals surface area contributed by atoms with Crippen LogP contribution in [-0.2, 0) is 16.6 Å². The molecule has 0 aliphatic rings. The lowest BCUT2D eigenvalue weighted by molar-refractivity contribution is -0.125. The minimum absolute atomic E-state index is 0.131. The molecule has 0 aliphatic heterocycles. The molecule has 2 amide bonds. The summed E-state index contributed by atoms with van der Waals surface area (Å²) in [7, 11) is 1.80. The van der Waals surface area contributed by atoms with Gasteiger partial charge in [-0.2, -0.15) is 5.10 Å². The molecule has 8 heteroatoms. The Labute approximate surface area is 148 Å². The van der Waals surface area contributed by atoms with Crippen molar-refractivity contribution in [1.29, 1.82) is 0 Å². The van der Waals surface area contributed by atoms with E-state index >= 15 is 0 Å². The van der Waals surface area contributed by atoms with E-state index in [4.69, 9.17) is 4.74 Å². The lowest BCUT2D eigenvalue weighted by Crippen LogP contribution is -2.35. The maximum absolute atomic E-state index is 11.9. The molecule has 0 atom stereocenters. The molecule has 0 saturated heterocycles. The number of carbonyl (C=O) groups is 2. The van der Waals surface area contributed by atoms with Crippen molar-refractivity contribution < 1.29 is 14.3 Å². The van der Waals surface area contributed by atoms with Crippen LogP contribution in [0.1, 0.15) is 11.4 Å². The SMILES string of the molecule is Cc1nn(C)c(C)c1NC(=O)CNC(=O)COc1cccc(Br)c1. The van der Waals surface area contributed by atoms with Gasteiger partial charge in [0.2, 0.25) is 5.91 Å². The number of amides is 2. The Balaban J connectivity index is 1.78. The highest BCUT2D eigenvalue weighted by atomic mass is 79.9. The third-order valence-corrected chi connectivity index (χ3v) is 3.88. The third-order valence-electron chi connectivity index (χ3n) is 3.39. The van der Waals surface area contributed by atoms with E-state index in [1.165, 1.54) is 0 Å². The number of aromatic nitrogens is 2. The first kappa shape index (κ1) is 18.0. The molecule has 0 aliphatic carbocycles. The van der Waals surface area contributed by atoms with Crippen molar-refractivity contribution in [3.8, 4) is 5.75 Å². The Bertz CT molecular complexity index is 758. The van der Waals surface area contributed by atoms with E-state index < -0.39 is 0 Å². The lowest BCUT2D eigenvalue weighted by Gasteiger charge is -2.09. The van der Waals surface area contributed by atoms with Gasteiger partial charge in [-0.05, 0) is 32.0 Å². The third kappa shape index (κ3) is 4.82. The van der Waals surface area contributed by atoms with Crippen LogP contribution in [0, 0.1) is 13.8 Å². The first-order valence-electron chi connectivity index (χ1n) is 7.32. The second-order valence-corrected chi connectivity index (χ2v) is 6.16. The zero-order chi connectivity index (χ0) is 17.7. The quantitative estimate of drug-likeness (QED) is 0.783. The normalized spacial score (nSPS) is 10.3. The summed E-state index contributed by atoms with van der Waals surface area (Å²) in [5.74, 6) is -0.111. The number of nitrogens with zero attached hydrogens (tertiary/aromatic N) is 2. The van der Waals surface area contributed by atoms with Crippen LogP contribution in [-0.4, -0.2) is 34.7 Å². The van der Waals surface area contributed by atoms with Crippen LogP contribution in [0.15, 0.2) is 28.7 Å². The smallest absolute Gasteiger partial charge is 0.258 e. The van der Waals surface area contributed by atoms with Crippen molar-refractivity contribution >= 4 is 33.4 Å². The number of rotatable bonds is 6. The van der Waals surface area contributed by atoms with Gasteiger partial charge in [0.15, 0.2) is 6.61 Å². The largest absolute Gasteiger partial charge is 0.484 e. The van der Waals surface area contributed by atoms with Crippen LogP contribution in [0.4, 0.5) is 5.69 Å². The van der Waals surface area contributed by atoms with E-state index in [2.05, 4.69) is 31.7 Å². The maximum Gasteiger partial charge on any atom is 0.258 e. The van der Waals surface area contributed by atoms with Gasteiger partial charge in [-0.15, -0.1) is 0 Å². The zero-order valence-electron chi connectivity index (χ0n) is 13.7. The fraction of sp³-hybridized carbons (Fsp3) is 0.312. The molecular formula is C16H19BrN4O3. The number of ether oxygens (including phenoxy) is 1. The van der Waals surface area contributed by atoms with Gasteiger partial charge in [0, 0.05) is 11.5 Å². The number of hydrogen-bond acceptors (Lipinski definition) is 4. The number of aryl methyl sites for hydroxylation is 2. The molecule has 1 aromatic carbocycles. The van der Waals surface area contributed by atoms with E-state index in [-0.39, 0.29) is 25.0 Å². The van der Waals surface area contributed by atoms with E-state index in [1.54, 1.807) is 23.9 Å². The summed E-state index contributed by atoms with van der Waals surface area (Å²) < 4.78 is 7.91. The molecule has 0 unspecified atom stereocenters. The van der Waals surface area contributed by atoms with E-state index in [1.807, 2.05) is 26.0 Å². The van der Waals surface area contributed by atoms with Gasteiger partial charge < -0.3 is 15.4 Å². The minimum Gasteiger partial charge on any atom is -0.484 e. The van der Waals surface area contributed by atoms with Crippen LogP contribution >= 0.6 is 15.9 Å². The Hall–Kier alpha value is -2.35. The van der Waals surface area contributed by atoms with Crippen molar-refractivity contribution in [2.75, 3.05) is 18.5 Å². The monoisotopic (exact) mass is 394 g/mol. The molecule has 24 heavy (non-hydrogen) atoms. The maximum atomic E-state index is 11.9. The number of nitrogens with one attached hydrogen (secondary N) is 2. The fourth-order valence-corrected chi connectivity index (χ4v) is 2.45. The Morgan fingerprint density at radius 3 is 2.67 bits per heavy atom. The van der Waals surface area contributed by atoms with Crippen LogP contribution in [0.2, 0.25) is 0 Å². The molecule has 0 saturated carbocycles. The average molecular weight is 395 g/mol. The van der Waals surface area contributed by atoms with Crippen LogP contribution in [0.5, 0.6) is 5.75 Å². The van der Waals surface area contributed by atoms with E-state index in [0.717, 1.165) is 15.9 Å². The topological polar surface area (TPSA) is 85.3 Å². The first-order chi connectivity index (χ1) is 11.4. The molecule has 0 radical (unpaired) electrons. The number of anilines is 1.